The topological polar surface area (TPSA) is 40.5 Å². The number of aliphatic hydroxyl groups excluding tert-OH is 1. The van der Waals surface area contributed by atoms with Crippen molar-refractivity contribution in [1.29, 1.82) is 0 Å². The van der Waals surface area contributed by atoms with E-state index in [0.717, 1.165) is 6.42 Å². The molecular formula is C12H20O2Y. The van der Waals surface area contributed by atoms with Crippen LogP contribution < -0.4 is 0 Å². The number of rotatable bonds is 4. The molecule has 0 atom stereocenters. The normalized spacial score (nSPS) is 8.40. The summed E-state index contributed by atoms with van der Waals surface area (Å²) in [6, 6.07) is 8.71. The summed E-state index contributed by atoms with van der Waals surface area (Å²) < 4.78 is 0. The Kier molecular flexibility index (Phi) is 16.4. The quantitative estimate of drug-likeness (QED) is 0.835. The Labute approximate surface area is 118 Å². The van der Waals surface area contributed by atoms with Crippen LogP contribution in [0.1, 0.15) is 32.6 Å². The van der Waals surface area contributed by atoms with E-state index in [1.807, 2.05) is 6.07 Å². The van der Waals surface area contributed by atoms with Gasteiger partial charge in [0.2, 0.25) is 0 Å². The molecule has 0 bridgehead atoms. The number of hydrogen-bond acceptors (Lipinski definition) is 2. The molecule has 0 aromatic heterocycles. The van der Waals surface area contributed by atoms with Gasteiger partial charge < -0.3 is 10.2 Å². The third-order valence-corrected chi connectivity index (χ3v) is 1.77. The molecule has 3 heteroatoms. The minimum atomic E-state index is 0. The fraction of sp³-hybridized carbons (Fsp3) is 0.500. The average molecular weight is 285 g/mol. The first kappa shape index (κ1) is 17.5. The van der Waals surface area contributed by atoms with Gasteiger partial charge in [-0.25, -0.2) is 0 Å². The third-order valence-electron chi connectivity index (χ3n) is 1.77. The number of aliphatic hydroxyl groups is 1. The van der Waals surface area contributed by atoms with Crippen molar-refractivity contribution in [2.24, 2.45) is 0 Å². The maximum atomic E-state index is 8.63. The summed E-state index contributed by atoms with van der Waals surface area (Å²) in [6.45, 7) is 2.53. The van der Waals surface area contributed by atoms with Crippen molar-refractivity contribution in [1.82, 2.24) is 0 Å². The second-order valence-electron chi connectivity index (χ2n) is 3.12. The van der Waals surface area contributed by atoms with Gasteiger partial charge in [-0.15, -0.1) is 0 Å². The zero-order valence-corrected chi connectivity index (χ0v) is 12.2. The summed E-state index contributed by atoms with van der Waals surface area (Å²) in [5.74, 6) is 0.322. The van der Waals surface area contributed by atoms with Crippen molar-refractivity contribution >= 4 is 0 Å². The molecule has 0 amide bonds. The molecule has 0 saturated carbocycles. The maximum absolute atomic E-state index is 8.63. The molecule has 0 aliphatic rings. The Balaban J connectivity index is 0. The van der Waals surface area contributed by atoms with Crippen molar-refractivity contribution in [2.75, 3.05) is 6.61 Å². The summed E-state index contributed by atoms with van der Waals surface area (Å²) in [7, 11) is 0. The zero-order valence-electron chi connectivity index (χ0n) is 9.39. The van der Waals surface area contributed by atoms with Gasteiger partial charge >= 0.3 is 0 Å². The minimum absolute atomic E-state index is 0. The first-order valence-corrected chi connectivity index (χ1v) is 5.16. The van der Waals surface area contributed by atoms with Gasteiger partial charge in [-0.3, -0.25) is 0 Å². The Morgan fingerprint density at radius 1 is 1.00 bits per heavy atom. The van der Waals surface area contributed by atoms with E-state index < -0.39 is 0 Å². The van der Waals surface area contributed by atoms with E-state index in [1.54, 1.807) is 24.3 Å². The van der Waals surface area contributed by atoms with Crippen molar-refractivity contribution in [3.8, 4) is 5.75 Å². The Bertz CT molecular complexity index is 198. The Morgan fingerprint density at radius 2 is 1.60 bits per heavy atom. The summed E-state index contributed by atoms with van der Waals surface area (Å²) in [5, 5.41) is 16.9. The van der Waals surface area contributed by atoms with E-state index in [-0.39, 0.29) is 32.7 Å². The molecule has 0 spiro atoms. The zero-order chi connectivity index (χ0) is 10.6. The van der Waals surface area contributed by atoms with Gasteiger partial charge in [0, 0.05) is 39.3 Å². The van der Waals surface area contributed by atoms with Gasteiger partial charge in [0.1, 0.15) is 5.75 Å². The fourth-order valence-corrected chi connectivity index (χ4v) is 0.967. The van der Waals surface area contributed by atoms with Gasteiger partial charge in [-0.2, -0.15) is 0 Å². The van der Waals surface area contributed by atoms with Crippen molar-refractivity contribution in [3.63, 3.8) is 0 Å². The van der Waals surface area contributed by atoms with Crippen LogP contribution >= 0.6 is 0 Å². The van der Waals surface area contributed by atoms with Gasteiger partial charge in [-0.05, 0) is 18.6 Å². The van der Waals surface area contributed by atoms with Gasteiger partial charge in [0.25, 0.3) is 0 Å². The predicted octanol–water partition coefficient (Wildman–Crippen LogP) is 2.95. The van der Waals surface area contributed by atoms with E-state index in [1.165, 1.54) is 19.3 Å². The number of unbranched alkanes of at least 4 members (excludes halogenated alkanes) is 3. The minimum Gasteiger partial charge on any atom is -0.508 e. The number of aromatic hydroxyl groups is 1. The molecule has 1 aromatic rings. The van der Waals surface area contributed by atoms with Crippen molar-refractivity contribution in [2.45, 2.75) is 32.6 Å². The predicted molar refractivity (Wildman–Crippen MR) is 59.3 cm³/mol. The molecule has 83 valence electrons. The molecule has 0 saturated heterocycles. The van der Waals surface area contributed by atoms with Crippen molar-refractivity contribution < 1.29 is 42.9 Å². The Hall–Kier alpha value is 0.0839. The van der Waals surface area contributed by atoms with Crippen LogP contribution in [0.4, 0.5) is 0 Å². The van der Waals surface area contributed by atoms with Crippen molar-refractivity contribution in [3.05, 3.63) is 30.3 Å². The summed E-state index contributed by atoms with van der Waals surface area (Å²) >= 11 is 0. The number of phenols is 1. The third kappa shape index (κ3) is 14.1. The van der Waals surface area contributed by atoms with Crippen LogP contribution in [0.3, 0.4) is 0 Å². The molecule has 0 aliphatic carbocycles. The second-order valence-corrected chi connectivity index (χ2v) is 3.12. The summed E-state index contributed by atoms with van der Waals surface area (Å²) in [4.78, 5) is 0. The van der Waals surface area contributed by atoms with Crippen LogP contribution in [0.15, 0.2) is 30.3 Å². The second kappa shape index (κ2) is 14.1. The molecule has 15 heavy (non-hydrogen) atoms. The van der Waals surface area contributed by atoms with E-state index in [2.05, 4.69) is 6.92 Å². The van der Waals surface area contributed by atoms with Crippen LogP contribution in [0, 0.1) is 0 Å². The number of hydrogen-bond donors (Lipinski definition) is 2. The monoisotopic (exact) mass is 285 g/mol. The first-order valence-electron chi connectivity index (χ1n) is 5.16. The van der Waals surface area contributed by atoms with Crippen LogP contribution in [-0.4, -0.2) is 16.8 Å². The summed E-state index contributed by atoms with van der Waals surface area (Å²) in [6.07, 6.45) is 4.68. The van der Waals surface area contributed by atoms with E-state index >= 15 is 0 Å². The maximum Gasteiger partial charge on any atom is 0.115 e. The van der Waals surface area contributed by atoms with Crippen LogP contribution in [0.2, 0.25) is 0 Å². The number of phenolic OH excluding ortho intramolecular Hbond substituents is 1. The molecule has 0 heterocycles. The molecule has 0 aliphatic heterocycles. The first-order chi connectivity index (χ1) is 6.81. The van der Waals surface area contributed by atoms with Gasteiger partial charge in [0.15, 0.2) is 0 Å². The number of para-hydroxylation sites is 1. The summed E-state index contributed by atoms with van der Waals surface area (Å²) in [5.41, 5.74) is 0. The molecule has 2 N–H and O–H groups in total. The largest absolute Gasteiger partial charge is 0.508 e. The fourth-order valence-electron chi connectivity index (χ4n) is 0.967. The molecular weight excluding hydrogens is 265 g/mol. The van der Waals surface area contributed by atoms with Gasteiger partial charge in [-0.1, -0.05) is 44.4 Å². The average Bonchev–Trinajstić information content (AvgIpc) is 2.21. The molecule has 1 aromatic carbocycles. The van der Waals surface area contributed by atoms with Gasteiger partial charge in [0.05, 0.1) is 0 Å². The van der Waals surface area contributed by atoms with Crippen LogP contribution in [0.5, 0.6) is 5.75 Å². The molecule has 0 unspecified atom stereocenters. The van der Waals surface area contributed by atoms with Crippen LogP contribution in [-0.2, 0) is 32.7 Å². The van der Waals surface area contributed by atoms with E-state index in [0.29, 0.717) is 12.4 Å². The molecule has 1 radical (unpaired) electrons. The van der Waals surface area contributed by atoms with E-state index in [4.69, 9.17) is 10.2 Å². The van der Waals surface area contributed by atoms with E-state index in [9.17, 15) is 0 Å². The molecule has 1 rings (SSSR count). The SMILES string of the molecule is CCCCCCO.Oc1ccccc1.[Y]. The standard InChI is InChI=1S/C6H6O.C6H14O.Y/c7-6-4-2-1-3-5-6;1-2-3-4-5-6-7;/h1-5,7H;7H,2-6H2,1H3;. The number of benzene rings is 1. The molecule has 0 fully saturated rings. The van der Waals surface area contributed by atoms with Crippen LogP contribution in [0.25, 0.3) is 0 Å². The Morgan fingerprint density at radius 3 is 1.93 bits per heavy atom. The smallest absolute Gasteiger partial charge is 0.115 e. The molecule has 2 nitrogen and oxygen atoms in total.